The van der Waals surface area contributed by atoms with Crippen LogP contribution in [-0.2, 0) is 4.79 Å². The third-order valence-electron chi connectivity index (χ3n) is 2.53. The Balaban J connectivity index is 2.90. The molecule has 0 saturated carbocycles. The van der Waals surface area contributed by atoms with Gasteiger partial charge in [-0.2, -0.15) is 13.2 Å². The Hall–Kier alpha value is -1.72. The number of halogens is 3. The fourth-order valence-corrected chi connectivity index (χ4v) is 1.49. The first kappa shape index (κ1) is 15.3. The predicted molar refractivity (Wildman–Crippen MR) is 63.3 cm³/mol. The molecule has 1 unspecified atom stereocenters. The first-order valence-electron chi connectivity index (χ1n) is 5.75. The van der Waals surface area contributed by atoms with E-state index in [2.05, 4.69) is 0 Å². The zero-order valence-corrected chi connectivity index (χ0v) is 10.6. The van der Waals surface area contributed by atoms with Crippen LogP contribution in [0.1, 0.15) is 31.7 Å². The molecule has 0 radical (unpaired) electrons. The average Bonchev–Trinajstić information content (AvgIpc) is 2.26. The zero-order valence-electron chi connectivity index (χ0n) is 10.6. The Morgan fingerprint density at radius 3 is 2.47 bits per heavy atom. The largest absolute Gasteiger partial charge is 0.481 e. The van der Waals surface area contributed by atoms with Crippen molar-refractivity contribution in [2.24, 2.45) is 0 Å². The lowest BCUT2D eigenvalue weighted by Crippen LogP contribution is -2.36. The molecule has 0 aromatic heterocycles. The summed E-state index contributed by atoms with van der Waals surface area (Å²) in [6.07, 6.45) is -8.17. The first-order chi connectivity index (χ1) is 8.70. The molecule has 1 rings (SSSR count). The summed E-state index contributed by atoms with van der Waals surface area (Å²) >= 11 is 0. The fraction of sp³-hybridized carbons (Fsp3) is 0.462. The number of aliphatic carboxylic acids is 1. The van der Waals surface area contributed by atoms with Gasteiger partial charge in [0, 0.05) is 0 Å². The van der Waals surface area contributed by atoms with Crippen LogP contribution < -0.4 is 4.74 Å². The molecule has 0 bridgehead atoms. The Kier molecular flexibility index (Phi) is 4.80. The van der Waals surface area contributed by atoms with Crippen LogP contribution in [0.15, 0.2) is 24.3 Å². The molecule has 106 valence electrons. The molecule has 1 N–H and O–H groups in total. The summed E-state index contributed by atoms with van der Waals surface area (Å²) in [5.41, 5.74) is 0.828. The van der Waals surface area contributed by atoms with Crippen LogP contribution in [0.2, 0.25) is 0 Å². The minimum absolute atomic E-state index is 0.0229. The van der Waals surface area contributed by atoms with Crippen LogP contribution in [0, 0.1) is 0 Å². The Morgan fingerprint density at radius 2 is 2.00 bits per heavy atom. The van der Waals surface area contributed by atoms with Crippen molar-refractivity contribution in [3.8, 4) is 5.75 Å². The molecule has 1 atom stereocenters. The highest BCUT2D eigenvalue weighted by Crippen LogP contribution is 2.28. The number of benzene rings is 1. The highest BCUT2D eigenvalue weighted by Gasteiger charge is 2.43. The van der Waals surface area contributed by atoms with Gasteiger partial charge in [0.25, 0.3) is 0 Å². The lowest BCUT2D eigenvalue weighted by atomic mass is 10.0. The maximum Gasteiger partial charge on any atom is 0.425 e. The summed E-state index contributed by atoms with van der Waals surface area (Å²) in [7, 11) is 0. The molecule has 0 aliphatic rings. The molecule has 0 saturated heterocycles. The highest BCUT2D eigenvalue weighted by molar-refractivity contribution is 5.67. The summed E-state index contributed by atoms with van der Waals surface area (Å²) in [6, 6.07) is 6.23. The summed E-state index contributed by atoms with van der Waals surface area (Å²) in [5, 5.41) is 8.49. The minimum atomic E-state index is -4.72. The van der Waals surface area contributed by atoms with E-state index in [1.807, 2.05) is 13.8 Å². The van der Waals surface area contributed by atoms with Crippen LogP contribution >= 0.6 is 0 Å². The maximum atomic E-state index is 12.6. The normalized spacial score (nSPS) is 13.4. The van der Waals surface area contributed by atoms with E-state index in [1.165, 1.54) is 12.1 Å². The predicted octanol–water partition coefficient (Wildman–Crippen LogP) is 3.59. The molecule has 0 aliphatic carbocycles. The standard InChI is InChI=1S/C13H15F3O3/c1-8(2)9-4-3-5-10(6-9)19-11(7-12(17)18)13(14,15)16/h3-6,8,11H,7H2,1-2H3,(H,17,18). The van der Waals surface area contributed by atoms with Crippen LogP contribution in [0.5, 0.6) is 5.75 Å². The quantitative estimate of drug-likeness (QED) is 0.893. The summed E-state index contributed by atoms with van der Waals surface area (Å²) in [5.74, 6) is -1.38. The van der Waals surface area contributed by atoms with E-state index >= 15 is 0 Å². The molecule has 6 heteroatoms. The Labute approximate surface area is 109 Å². The summed E-state index contributed by atoms with van der Waals surface area (Å²) in [4.78, 5) is 10.4. The van der Waals surface area contributed by atoms with Crippen molar-refractivity contribution in [1.82, 2.24) is 0 Å². The number of carboxylic acid groups (broad SMARTS) is 1. The van der Waals surface area contributed by atoms with E-state index in [1.54, 1.807) is 12.1 Å². The highest BCUT2D eigenvalue weighted by atomic mass is 19.4. The van der Waals surface area contributed by atoms with Gasteiger partial charge in [-0.25, -0.2) is 0 Å². The lowest BCUT2D eigenvalue weighted by Gasteiger charge is -2.20. The van der Waals surface area contributed by atoms with Gasteiger partial charge in [-0.15, -0.1) is 0 Å². The van der Waals surface area contributed by atoms with Gasteiger partial charge in [-0.05, 0) is 23.6 Å². The molecule has 0 spiro atoms. The van der Waals surface area contributed by atoms with Crippen molar-refractivity contribution in [2.75, 3.05) is 0 Å². The number of alkyl halides is 3. The monoisotopic (exact) mass is 276 g/mol. The van der Waals surface area contributed by atoms with Crippen molar-refractivity contribution in [1.29, 1.82) is 0 Å². The molecule has 0 amide bonds. The number of hydrogen-bond donors (Lipinski definition) is 1. The summed E-state index contributed by atoms with van der Waals surface area (Å²) in [6.45, 7) is 3.80. The van der Waals surface area contributed by atoms with Crippen molar-refractivity contribution in [3.05, 3.63) is 29.8 Å². The van der Waals surface area contributed by atoms with Crippen LogP contribution in [0.3, 0.4) is 0 Å². The van der Waals surface area contributed by atoms with Gasteiger partial charge >= 0.3 is 12.1 Å². The van der Waals surface area contributed by atoms with Crippen LogP contribution in [0.25, 0.3) is 0 Å². The van der Waals surface area contributed by atoms with E-state index in [4.69, 9.17) is 9.84 Å². The number of carbonyl (C=O) groups is 1. The second-order valence-electron chi connectivity index (χ2n) is 4.47. The van der Waals surface area contributed by atoms with E-state index in [0.29, 0.717) is 0 Å². The van der Waals surface area contributed by atoms with Gasteiger partial charge in [-0.3, -0.25) is 4.79 Å². The van der Waals surface area contributed by atoms with Crippen molar-refractivity contribution >= 4 is 5.97 Å². The van der Waals surface area contributed by atoms with E-state index < -0.39 is 24.7 Å². The molecule has 0 aliphatic heterocycles. The molecule has 1 aromatic rings. The van der Waals surface area contributed by atoms with E-state index in [0.717, 1.165) is 5.56 Å². The third kappa shape index (κ3) is 4.81. The SMILES string of the molecule is CC(C)c1cccc(OC(CC(=O)O)C(F)(F)F)c1. The van der Waals surface area contributed by atoms with Crippen molar-refractivity contribution in [3.63, 3.8) is 0 Å². The molecular formula is C13H15F3O3. The van der Waals surface area contributed by atoms with Gasteiger partial charge in [0.1, 0.15) is 5.75 Å². The lowest BCUT2D eigenvalue weighted by molar-refractivity contribution is -0.200. The molecular weight excluding hydrogens is 261 g/mol. The van der Waals surface area contributed by atoms with Gasteiger partial charge in [0.05, 0.1) is 6.42 Å². The van der Waals surface area contributed by atoms with Crippen LogP contribution in [0.4, 0.5) is 13.2 Å². The van der Waals surface area contributed by atoms with Gasteiger partial charge in [0.2, 0.25) is 6.10 Å². The third-order valence-corrected chi connectivity index (χ3v) is 2.53. The average molecular weight is 276 g/mol. The van der Waals surface area contributed by atoms with E-state index in [9.17, 15) is 18.0 Å². The summed E-state index contributed by atoms with van der Waals surface area (Å²) < 4.78 is 42.7. The Bertz CT molecular complexity index is 441. The van der Waals surface area contributed by atoms with Gasteiger partial charge in [0.15, 0.2) is 0 Å². The maximum absolute atomic E-state index is 12.6. The topological polar surface area (TPSA) is 46.5 Å². The second-order valence-corrected chi connectivity index (χ2v) is 4.47. The molecule has 1 aromatic carbocycles. The zero-order chi connectivity index (χ0) is 14.6. The Morgan fingerprint density at radius 1 is 1.37 bits per heavy atom. The second kappa shape index (κ2) is 5.95. The minimum Gasteiger partial charge on any atom is -0.481 e. The van der Waals surface area contributed by atoms with E-state index in [-0.39, 0.29) is 11.7 Å². The van der Waals surface area contributed by atoms with Gasteiger partial charge < -0.3 is 9.84 Å². The fourth-order valence-electron chi connectivity index (χ4n) is 1.49. The molecule has 3 nitrogen and oxygen atoms in total. The number of carboxylic acids is 1. The van der Waals surface area contributed by atoms with Crippen LogP contribution in [-0.4, -0.2) is 23.4 Å². The smallest absolute Gasteiger partial charge is 0.425 e. The first-order valence-corrected chi connectivity index (χ1v) is 5.75. The van der Waals surface area contributed by atoms with Crippen molar-refractivity contribution in [2.45, 2.75) is 38.5 Å². The molecule has 0 heterocycles. The molecule has 19 heavy (non-hydrogen) atoms. The number of hydrogen-bond acceptors (Lipinski definition) is 2. The molecule has 0 fully saturated rings. The number of ether oxygens (including phenoxy) is 1. The number of rotatable bonds is 5. The van der Waals surface area contributed by atoms with Gasteiger partial charge in [-0.1, -0.05) is 26.0 Å². The van der Waals surface area contributed by atoms with Crippen molar-refractivity contribution < 1.29 is 27.8 Å².